The van der Waals surface area contributed by atoms with Crippen molar-refractivity contribution in [2.24, 2.45) is 5.41 Å². The topological polar surface area (TPSA) is 49.3 Å². The quantitative estimate of drug-likeness (QED) is 0.667. The molecule has 0 fully saturated rings. The Kier molecular flexibility index (Phi) is 4.99. The van der Waals surface area contributed by atoms with Crippen molar-refractivity contribution in [1.29, 1.82) is 0 Å². The third kappa shape index (κ3) is 3.77. The van der Waals surface area contributed by atoms with Gasteiger partial charge in [0, 0.05) is 12.6 Å². The van der Waals surface area contributed by atoms with E-state index >= 15 is 0 Å². The lowest BCUT2D eigenvalue weighted by Crippen LogP contribution is -2.41. The van der Waals surface area contributed by atoms with Crippen LogP contribution in [0.2, 0.25) is 0 Å². The third-order valence-electron chi connectivity index (χ3n) is 2.75. The second-order valence-corrected chi connectivity index (χ2v) is 3.91. The summed E-state index contributed by atoms with van der Waals surface area (Å²) in [5.74, 6) is -0.717. The van der Waals surface area contributed by atoms with E-state index in [2.05, 4.69) is 19.2 Å². The number of carboxylic acids is 1. The lowest BCUT2D eigenvalue weighted by atomic mass is 9.87. The second kappa shape index (κ2) is 5.22. The fourth-order valence-corrected chi connectivity index (χ4v) is 0.896. The number of hydrogen-bond acceptors (Lipinski definition) is 2. The zero-order valence-corrected chi connectivity index (χ0v) is 9.05. The van der Waals surface area contributed by atoms with Gasteiger partial charge in [-0.25, -0.2) is 0 Å². The minimum Gasteiger partial charge on any atom is -0.481 e. The Morgan fingerprint density at radius 2 is 2.08 bits per heavy atom. The van der Waals surface area contributed by atoms with Crippen LogP contribution in [0.4, 0.5) is 0 Å². The summed E-state index contributed by atoms with van der Waals surface area (Å²) in [6.45, 7) is 8.39. The predicted molar refractivity (Wildman–Crippen MR) is 53.8 cm³/mol. The lowest BCUT2D eigenvalue weighted by molar-refractivity contribution is -0.147. The fraction of sp³-hybridized carbons (Fsp3) is 0.900. The molecule has 0 aromatic carbocycles. The van der Waals surface area contributed by atoms with E-state index in [-0.39, 0.29) is 0 Å². The van der Waals surface area contributed by atoms with Gasteiger partial charge in [-0.15, -0.1) is 0 Å². The number of rotatable bonds is 6. The van der Waals surface area contributed by atoms with Crippen molar-refractivity contribution in [3.8, 4) is 0 Å². The Labute approximate surface area is 80.5 Å². The van der Waals surface area contributed by atoms with Crippen LogP contribution in [0.3, 0.4) is 0 Å². The average molecular weight is 187 g/mol. The normalized spacial score (nSPS) is 17.8. The van der Waals surface area contributed by atoms with Crippen LogP contribution in [-0.4, -0.2) is 23.7 Å². The Morgan fingerprint density at radius 1 is 1.54 bits per heavy atom. The summed E-state index contributed by atoms with van der Waals surface area (Å²) < 4.78 is 0. The molecule has 3 heteroatoms. The Morgan fingerprint density at radius 3 is 2.38 bits per heavy atom. The zero-order chi connectivity index (χ0) is 10.5. The largest absolute Gasteiger partial charge is 0.481 e. The smallest absolute Gasteiger partial charge is 0.310 e. The van der Waals surface area contributed by atoms with Gasteiger partial charge in [0.05, 0.1) is 5.41 Å². The van der Waals surface area contributed by atoms with Gasteiger partial charge in [-0.3, -0.25) is 4.79 Å². The van der Waals surface area contributed by atoms with Gasteiger partial charge in [0.25, 0.3) is 0 Å². The van der Waals surface area contributed by atoms with Gasteiger partial charge in [0.2, 0.25) is 0 Å². The molecular formula is C10H21NO2. The van der Waals surface area contributed by atoms with Crippen molar-refractivity contribution in [2.75, 3.05) is 6.54 Å². The number of nitrogens with one attached hydrogen (secondary N) is 1. The molecule has 13 heavy (non-hydrogen) atoms. The van der Waals surface area contributed by atoms with Crippen molar-refractivity contribution in [1.82, 2.24) is 5.32 Å². The first kappa shape index (κ1) is 12.4. The highest BCUT2D eigenvalue weighted by Crippen LogP contribution is 2.20. The van der Waals surface area contributed by atoms with Crippen LogP contribution >= 0.6 is 0 Å². The molecule has 0 aliphatic carbocycles. The van der Waals surface area contributed by atoms with Crippen LogP contribution in [0, 0.1) is 5.41 Å². The standard InChI is InChI=1S/C10H21NO2/c1-5-8(3)11-7-10(4,6-2)9(12)13/h8,11H,5-7H2,1-4H3,(H,12,13). The first-order valence-electron chi connectivity index (χ1n) is 4.93. The summed E-state index contributed by atoms with van der Waals surface area (Å²) >= 11 is 0. The van der Waals surface area contributed by atoms with Gasteiger partial charge < -0.3 is 10.4 Å². The highest BCUT2D eigenvalue weighted by molar-refractivity contribution is 5.74. The molecule has 0 bridgehead atoms. The van der Waals surface area contributed by atoms with E-state index < -0.39 is 11.4 Å². The van der Waals surface area contributed by atoms with E-state index in [0.29, 0.717) is 19.0 Å². The maximum atomic E-state index is 10.9. The number of aliphatic carboxylic acids is 1. The Balaban J connectivity index is 4.05. The number of carbonyl (C=O) groups is 1. The monoisotopic (exact) mass is 187 g/mol. The molecular weight excluding hydrogens is 166 g/mol. The van der Waals surface area contributed by atoms with E-state index in [9.17, 15) is 4.79 Å². The molecule has 2 atom stereocenters. The minimum absolute atomic E-state index is 0.394. The summed E-state index contributed by atoms with van der Waals surface area (Å²) in [5, 5.41) is 12.2. The summed E-state index contributed by atoms with van der Waals surface area (Å²) in [5.41, 5.74) is -0.622. The Hall–Kier alpha value is -0.570. The second-order valence-electron chi connectivity index (χ2n) is 3.91. The molecule has 0 rings (SSSR count). The van der Waals surface area contributed by atoms with Crippen LogP contribution in [0.5, 0.6) is 0 Å². The van der Waals surface area contributed by atoms with Crippen molar-refractivity contribution < 1.29 is 9.90 Å². The van der Waals surface area contributed by atoms with Crippen LogP contribution in [0.25, 0.3) is 0 Å². The molecule has 3 nitrogen and oxygen atoms in total. The average Bonchev–Trinajstić information content (AvgIpc) is 2.13. The van der Waals surface area contributed by atoms with Gasteiger partial charge in [-0.1, -0.05) is 13.8 Å². The van der Waals surface area contributed by atoms with Crippen LogP contribution < -0.4 is 5.32 Å². The highest BCUT2D eigenvalue weighted by atomic mass is 16.4. The summed E-state index contributed by atoms with van der Waals surface area (Å²) in [6, 6.07) is 0.394. The molecule has 0 radical (unpaired) electrons. The Bertz CT molecular complexity index is 170. The molecule has 0 aliphatic rings. The van der Waals surface area contributed by atoms with Crippen molar-refractivity contribution in [3.05, 3.63) is 0 Å². The molecule has 0 spiro atoms. The zero-order valence-electron chi connectivity index (χ0n) is 9.05. The van der Waals surface area contributed by atoms with Crippen molar-refractivity contribution in [3.63, 3.8) is 0 Å². The molecule has 0 aliphatic heterocycles. The van der Waals surface area contributed by atoms with Crippen LogP contribution in [0.15, 0.2) is 0 Å². The van der Waals surface area contributed by atoms with E-state index in [0.717, 1.165) is 6.42 Å². The number of carboxylic acid groups (broad SMARTS) is 1. The van der Waals surface area contributed by atoms with Gasteiger partial charge in [0.15, 0.2) is 0 Å². The number of hydrogen-bond donors (Lipinski definition) is 2. The van der Waals surface area contributed by atoms with Gasteiger partial charge in [-0.2, -0.15) is 0 Å². The molecule has 0 aromatic heterocycles. The molecule has 0 saturated heterocycles. The molecule has 0 aromatic rings. The SMILES string of the molecule is CCC(C)NCC(C)(CC)C(=O)O. The van der Waals surface area contributed by atoms with E-state index in [1.54, 1.807) is 6.92 Å². The first-order chi connectivity index (χ1) is 5.96. The van der Waals surface area contributed by atoms with Gasteiger partial charge in [0.1, 0.15) is 0 Å². The predicted octanol–water partition coefficient (Wildman–Crippen LogP) is 1.88. The fourth-order valence-electron chi connectivity index (χ4n) is 0.896. The summed E-state index contributed by atoms with van der Waals surface area (Å²) in [6.07, 6.45) is 1.69. The van der Waals surface area contributed by atoms with Crippen LogP contribution in [0.1, 0.15) is 40.5 Å². The molecule has 78 valence electrons. The highest BCUT2D eigenvalue weighted by Gasteiger charge is 2.30. The van der Waals surface area contributed by atoms with Crippen molar-refractivity contribution in [2.45, 2.75) is 46.6 Å². The lowest BCUT2D eigenvalue weighted by Gasteiger charge is -2.25. The summed E-state index contributed by atoms with van der Waals surface area (Å²) in [4.78, 5) is 10.9. The third-order valence-corrected chi connectivity index (χ3v) is 2.75. The molecule has 0 heterocycles. The van der Waals surface area contributed by atoms with E-state index in [4.69, 9.17) is 5.11 Å². The minimum atomic E-state index is -0.717. The molecule has 2 unspecified atom stereocenters. The first-order valence-corrected chi connectivity index (χ1v) is 4.93. The molecule has 0 saturated carbocycles. The van der Waals surface area contributed by atoms with E-state index in [1.807, 2.05) is 6.92 Å². The maximum Gasteiger partial charge on any atom is 0.310 e. The molecule has 2 N–H and O–H groups in total. The maximum absolute atomic E-state index is 10.9. The van der Waals surface area contributed by atoms with Crippen molar-refractivity contribution >= 4 is 5.97 Å². The molecule has 0 amide bonds. The van der Waals surface area contributed by atoms with Gasteiger partial charge in [-0.05, 0) is 26.7 Å². The summed E-state index contributed by atoms with van der Waals surface area (Å²) in [7, 11) is 0. The van der Waals surface area contributed by atoms with Gasteiger partial charge >= 0.3 is 5.97 Å². The van der Waals surface area contributed by atoms with E-state index in [1.165, 1.54) is 0 Å². The van der Waals surface area contributed by atoms with Crippen LogP contribution in [-0.2, 0) is 4.79 Å².